The van der Waals surface area contributed by atoms with Gasteiger partial charge in [0.25, 0.3) is 0 Å². The van der Waals surface area contributed by atoms with Crippen molar-refractivity contribution in [2.75, 3.05) is 0 Å². The van der Waals surface area contributed by atoms with Crippen LogP contribution in [0, 0.1) is 0 Å². The quantitative estimate of drug-likeness (QED) is 0.750. The van der Waals surface area contributed by atoms with Crippen molar-refractivity contribution in [3.05, 3.63) is 71.3 Å². The number of nitrogens with two attached hydrogens (primary N) is 1. The Bertz CT molecular complexity index is 584. The van der Waals surface area contributed by atoms with Gasteiger partial charge in [0, 0.05) is 6.54 Å². The molecule has 4 heteroatoms. The van der Waals surface area contributed by atoms with Crippen LogP contribution in [0.4, 0.5) is 0 Å². The van der Waals surface area contributed by atoms with Crippen LogP contribution in [-0.2, 0) is 24.4 Å². The van der Waals surface area contributed by atoms with E-state index in [0.29, 0.717) is 13.0 Å². The number of carbonyl (C=O) groups is 1. The maximum absolute atomic E-state index is 12.0. The first kappa shape index (κ1) is 15.2. The fourth-order valence-corrected chi connectivity index (χ4v) is 2.12. The second-order valence-corrected chi connectivity index (χ2v) is 4.99. The molecule has 0 saturated heterocycles. The van der Waals surface area contributed by atoms with Gasteiger partial charge in [-0.2, -0.15) is 0 Å². The number of rotatable bonds is 6. The minimum atomic E-state index is -0.562. The highest BCUT2D eigenvalue weighted by Crippen LogP contribution is 2.06. The molecule has 1 amide bonds. The van der Waals surface area contributed by atoms with Crippen molar-refractivity contribution in [1.29, 1.82) is 0 Å². The van der Waals surface area contributed by atoms with E-state index >= 15 is 0 Å². The number of hydrogen-bond acceptors (Lipinski definition) is 3. The summed E-state index contributed by atoms with van der Waals surface area (Å²) in [5.74, 6) is -0.173. The normalized spacial score (nSPS) is 11.9. The number of benzene rings is 2. The number of aliphatic hydroxyl groups is 1. The van der Waals surface area contributed by atoms with Crippen molar-refractivity contribution < 1.29 is 9.90 Å². The molecule has 110 valence electrons. The van der Waals surface area contributed by atoms with Gasteiger partial charge in [-0.15, -0.1) is 0 Å². The molecule has 0 heterocycles. The molecule has 0 aromatic heterocycles. The van der Waals surface area contributed by atoms with E-state index in [0.717, 1.165) is 16.7 Å². The monoisotopic (exact) mass is 284 g/mol. The minimum Gasteiger partial charge on any atom is -0.392 e. The molecule has 2 aromatic rings. The van der Waals surface area contributed by atoms with E-state index in [1.165, 1.54) is 0 Å². The molecule has 0 saturated carbocycles. The van der Waals surface area contributed by atoms with Crippen LogP contribution < -0.4 is 11.1 Å². The zero-order valence-corrected chi connectivity index (χ0v) is 11.8. The standard InChI is InChI=1S/C17H20N2O2/c18-16(10-13-5-2-1-3-6-13)17(21)19-11-14-7-4-8-15(9-14)12-20/h1-9,16,20H,10-12,18H2,(H,19,21). The molecule has 0 bridgehead atoms. The molecule has 0 aliphatic rings. The van der Waals surface area contributed by atoms with Crippen LogP contribution in [0.15, 0.2) is 54.6 Å². The van der Waals surface area contributed by atoms with Crippen molar-refractivity contribution >= 4 is 5.91 Å². The lowest BCUT2D eigenvalue weighted by Crippen LogP contribution is -2.41. The first-order valence-corrected chi connectivity index (χ1v) is 6.95. The van der Waals surface area contributed by atoms with Gasteiger partial charge in [0.1, 0.15) is 0 Å². The van der Waals surface area contributed by atoms with Gasteiger partial charge in [-0.25, -0.2) is 0 Å². The Balaban J connectivity index is 1.86. The Hall–Kier alpha value is -2.17. The minimum absolute atomic E-state index is 0.00466. The second kappa shape index (κ2) is 7.57. The van der Waals surface area contributed by atoms with Gasteiger partial charge in [-0.1, -0.05) is 54.6 Å². The fourth-order valence-electron chi connectivity index (χ4n) is 2.12. The van der Waals surface area contributed by atoms with E-state index < -0.39 is 6.04 Å². The Morgan fingerprint density at radius 1 is 1.05 bits per heavy atom. The Labute approximate surface area is 124 Å². The highest BCUT2D eigenvalue weighted by atomic mass is 16.3. The van der Waals surface area contributed by atoms with E-state index in [1.54, 1.807) is 0 Å². The van der Waals surface area contributed by atoms with Crippen LogP contribution >= 0.6 is 0 Å². The average molecular weight is 284 g/mol. The van der Waals surface area contributed by atoms with Gasteiger partial charge in [-0.05, 0) is 23.1 Å². The van der Waals surface area contributed by atoms with Gasteiger partial charge in [0.05, 0.1) is 12.6 Å². The van der Waals surface area contributed by atoms with Gasteiger partial charge in [0.15, 0.2) is 0 Å². The van der Waals surface area contributed by atoms with E-state index in [2.05, 4.69) is 5.32 Å². The molecule has 4 nitrogen and oxygen atoms in total. The zero-order chi connectivity index (χ0) is 15.1. The molecule has 21 heavy (non-hydrogen) atoms. The van der Waals surface area contributed by atoms with Crippen LogP contribution in [0.2, 0.25) is 0 Å². The van der Waals surface area contributed by atoms with E-state index in [4.69, 9.17) is 10.8 Å². The van der Waals surface area contributed by atoms with Crippen LogP contribution in [0.5, 0.6) is 0 Å². The van der Waals surface area contributed by atoms with E-state index in [9.17, 15) is 4.79 Å². The molecule has 1 atom stereocenters. The van der Waals surface area contributed by atoms with Crippen LogP contribution in [-0.4, -0.2) is 17.1 Å². The maximum atomic E-state index is 12.0. The largest absolute Gasteiger partial charge is 0.392 e. The van der Waals surface area contributed by atoms with Crippen molar-refractivity contribution in [1.82, 2.24) is 5.32 Å². The average Bonchev–Trinajstić information content (AvgIpc) is 2.53. The third-order valence-electron chi connectivity index (χ3n) is 3.28. The van der Waals surface area contributed by atoms with Crippen LogP contribution in [0.3, 0.4) is 0 Å². The molecule has 0 aliphatic carbocycles. The van der Waals surface area contributed by atoms with Crippen molar-refractivity contribution in [2.24, 2.45) is 5.73 Å². The van der Waals surface area contributed by atoms with Crippen molar-refractivity contribution in [3.8, 4) is 0 Å². The SMILES string of the molecule is NC(Cc1ccccc1)C(=O)NCc1cccc(CO)c1. The molecular weight excluding hydrogens is 264 g/mol. The highest BCUT2D eigenvalue weighted by Gasteiger charge is 2.13. The molecule has 0 aliphatic heterocycles. The van der Waals surface area contributed by atoms with Crippen LogP contribution in [0.1, 0.15) is 16.7 Å². The number of hydrogen-bond donors (Lipinski definition) is 3. The summed E-state index contributed by atoms with van der Waals surface area (Å²) in [5, 5.41) is 11.9. The molecule has 2 aromatic carbocycles. The number of amides is 1. The lowest BCUT2D eigenvalue weighted by atomic mass is 10.1. The van der Waals surface area contributed by atoms with E-state index in [-0.39, 0.29) is 12.5 Å². The molecule has 4 N–H and O–H groups in total. The Morgan fingerprint density at radius 3 is 2.43 bits per heavy atom. The lowest BCUT2D eigenvalue weighted by molar-refractivity contribution is -0.122. The molecule has 1 unspecified atom stereocenters. The van der Waals surface area contributed by atoms with Gasteiger partial charge in [-0.3, -0.25) is 4.79 Å². The maximum Gasteiger partial charge on any atom is 0.237 e. The predicted octanol–water partition coefficient (Wildman–Crippen LogP) is 1.37. The van der Waals surface area contributed by atoms with Crippen molar-refractivity contribution in [3.63, 3.8) is 0 Å². The third-order valence-corrected chi connectivity index (χ3v) is 3.28. The summed E-state index contributed by atoms with van der Waals surface area (Å²) < 4.78 is 0. The highest BCUT2D eigenvalue weighted by molar-refractivity contribution is 5.81. The van der Waals surface area contributed by atoms with Gasteiger partial charge >= 0.3 is 0 Å². The first-order chi connectivity index (χ1) is 10.2. The summed E-state index contributed by atoms with van der Waals surface area (Å²) in [5.41, 5.74) is 8.74. The second-order valence-electron chi connectivity index (χ2n) is 4.99. The van der Waals surface area contributed by atoms with E-state index in [1.807, 2.05) is 54.6 Å². The molecule has 0 radical (unpaired) electrons. The molecule has 2 rings (SSSR count). The number of aliphatic hydroxyl groups excluding tert-OH is 1. The smallest absolute Gasteiger partial charge is 0.237 e. The predicted molar refractivity (Wildman–Crippen MR) is 82.3 cm³/mol. The molecule has 0 fully saturated rings. The van der Waals surface area contributed by atoms with Crippen molar-refractivity contribution in [2.45, 2.75) is 25.6 Å². The van der Waals surface area contributed by atoms with Crippen LogP contribution in [0.25, 0.3) is 0 Å². The summed E-state index contributed by atoms with van der Waals surface area (Å²) in [7, 11) is 0. The zero-order valence-electron chi connectivity index (χ0n) is 11.8. The fraction of sp³-hybridized carbons (Fsp3) is 0.235. The Morgan fingerprint density at radius 2 is 1.71 bits per heavy atom. The number of nitrogens with one attached hydrogen (secondary N) is 1. The molecule has 0 spiro atoms. The Kier molecular flexibility index (Phi) is 5.49. The summed E-state index contributed by atoms with van der Waals surface area (Å²) >= 11 is 0. The summed E-state index contributed by atoms with van der Waals surface area (Å²) in [6.07, 6.45) is 0.517. The number of carbonyl (C=O) groups excluding carboxylic acids is 1. The summed E-state index contributed by atoms with van der Waals surface area (Å²) in [4.78, 5) is 12.0. The summed E-state index contributed by atoms with van der Waals surface area (Å²) in [6, 6.07) is 16.6. The molecular formula is C17H20N2O2. The van der Waals surface area contributed by atoms with Gasteiger partial charge < -0.3 is 16.2 Å². The summed E-state index contributed by atoms with van der Waals surface area (Å²) in [6.45, 7) is 0.407. The topological polar surface area (TPSA) is 75.4 Å². The lowest BCUT2D eigenvalue weighted by Gasteiger charge is -2.12. The first-order valence-electron chi connectivity index (χ1n) is 6.95. The van der Waals surface area contributed by atoms with Gasteiger partial charge in [0.2, 0.25) is 5.91 Å². The third kappa shape index (κ3) is 4.70.